The molecule has 1 fully saturated rings. The van der Waals surface area contributed by atoms with Crippen molar-refractivity contribution < 1.29 is 13.2 Å². The van der Waals surface area contributed by atoms with Gasteiger partial charge in [0.2, 0.25) is 15.9 Å². The number of hydrogen-bond acceptors (Lipinski definition) is 3. The summed E-state index contributed by atoms with van der Waals surface area (Å²) in [4.78, 5) is 13.0. The number of piperidine rings is 1. The lowest BCUT2D eigenvalue weighted by Gasteiger charge is -2.31. The Morgan fingerprint density at radius 1 is 1.14 bits per heavy atom. The molecule has 1 unspecified atom stereocenters. The highest BCUT2D eigenvalue weighted by Crippen LogP contribution is 2.25. The fourth-order valence-corrected chi connectivity index (χ4v) is 5.21. The smallest absolute Gasteiger partial charge is 0.243 e. The number of hydrogen-bond donors (Lipinski definition) is 1. The fourth-order valence-electron chi connectivity index (χ4n) is 3.68. The molecule has 0 radical (unpaired) electrons. The highest BCUT2D eigenvalue weighted by molar-refractivity contribution is 7.89. The summed E-state index contributed by atoms with van der Waals surface area (Å²) in [6.07, 6.45) is 1.39. The van der Waals surface area contributed by atoms with E-state index in [0.717, 1.165) is 16.7 Å². The Kier molecular flexibility index (Phi) is 6.75. The standard InChI is InChI=1S/C23H30N2O3S/c1-17(2)19-10-12-22(13-11-19)29(27,28)25-14-6-9-21(16-25)23(26)24-15-20-8-5-4-7-18(20)3/h4-5,7-8,10-13,17,21H,6,9,14-16H2,1-3H3,(H,24,26). The number of carbonyl (C=O) groups excluding carboxylic acids is 1. The molecule has 1 aliphatic heterocycles. The van der Waals surface area contributed by atoms with Gasteiger partial charge in [-0.2, -0.15) is 4.31 Å². The van der Waals surface area contributed by atoms with Crippen LogP contribution in [0, 0.1) is 12.8 Å². The Morgan fingerprint density at radius 2 is 1.83 bits per heavy atom. The average molecular weight is 415 g/mol. The maximum absolute atomic E-state index is 13.1. The third-order valence-corrected chi connectivity index (χ3v) is 7.53. The first-order valence-electron chi connectivity index (χ1n) is 10.2. The minimum atomic E-state index is -3.59. The third kappa shape index (κ3) is 5.06. The number of carbonyl (C=O) groups is 1. The van der Waals surface area contributed by atoms with Crippen LogP contribution in [0.2, 0.25) is 0 Å². The molecule has 6 heteroatoms. The summed E-state index contributed by atoms with van der Waals surface area (Å²) in [5.74, 6) is -0.0520. The van der Waals surface area contributed by atoms with Crippen LogP contribution < -0.4 is 5.32 Å². The van der Waals surface area contributed by atoms with E-state index in [1.807, 2.05) is 43.3 Å². The van der Waals surface area contributed by atoms with Crippen LogP contribution in [-0.2, 0) is 21.4 Å². The van der Waals surface area contributed by atoms with Gasteiger partial charge in [-0.05, 0) is 54.5 Å². The summed E-state index contributed by atoms with van der Waals surface area (Å²) >= 11 is 0. The van der Waals surface area contributed by atoms with Crippen LogP contribution in [0.5, 0.6) is 0 Å². The summed E-state index contributed by atoms with van der Waals surface area (Å²) in [5, 5.41) is 2.98. The molecule has 1 heterocycles. The van der Waals surface area contributed by atoms with Gasteiger partial charge in [0.15, 0.2) is 0 Å². The molecule has 29 heavy (non-hydrogen) atoms. The molecule has 1 amide bonds. The van der Waals surface area contributed by atoms with Crippen molar-refractivity contribution in [2.75, 3.05) is 13.1 Å². The molecule has 0 saturated carbocycles. The molecule has 5 nitrogen and oxygen atoms in total. The normalized spacial score (nSPS) is 18.0. The Hall–Kier alpha value is -2.18. The molecule has 1 aliphatic rings. The van der Waals surface area contributed by atoms with Crippen LogP contribution in [0.25, 0.3) is 0 Å². The van der Waals surface area contributed by atoms with Crippen LogP contribution >= 0.6 is 0 Å². The lowest BCUT2D eigenvalue weighted by Crippen LogP contribution is -2.45. The first-order chi connectivity index (χ1) is 13.8. The Balaban J connectivity index is 1.66. The maximum atomic E-state index is 13.1. The van der Waals surface area contributed by atoms with Crippen LogP contribution in [0.15, 0.2) is 53.4 Å². The first kappa shape index (κ1) is 21.5. The van der Waals surface area contributed by atoms with Gasteiger partial charge < -0.3 is 5.32 Å². The number of benzene rings is 2. The molecule has 0 spiro atoms. The number of sulfonamides is 1. The highest BCUT2D eigenvalue weighted by atomic mass is 32.2. The van der Waals surface area contributed by atoms with E-state index in [0.29, 0.717) is 36.7 Å². The number of rotatable bonds is 6. The van der Waals surface area contributed by atoms with Gasteiger partial charge in [0, 0.05) is 19.6 Å². The van der Waals surface area contributed by atoms with Crippen molar-refractivity contribution in [1.82, 2.24) is 9.62 Å². The Morgan fingerprint density at radius 3 is 2.48 bits per heavy atom. The Bertz CT molecular complexity index is 952. The van der Waals surface area contributed by atoms with Gasteiger partial charge >= 0.3 is 0 Å². The summed E-state index contributed by atoms with van der Waals surface area (Å²) in [7, 11) is -3.59. The van der Waals surface area contributed by atoms with E-state index in [1.54, 1.807) is 12.1 Å². The van der Waals surface area contributed by atoms with Crippen LogP contribution in [-0.4, -0.2) is 31.7 Å². The third-order valence-electron chi connectivity index (χ3n) is 5.65. The second-order valence-electron chi connectivity index (χ2n) is 8.07. The zero-order valence-corrected chi connectivity index (χ0v) is 18.2. The number of nitrogens with zero attached hydrogens (tertiary/aromatic N) is 1. The van der Waals surface area contributed by atoms with Gasteiger partial charge in [-0.25, -0.2) is 8.42 Å². The summed E-state index contributed by atoms with van der Waals surface area (Å²) in [6.45, 7) is 7.32. The molecule has 0 aliphatic carbocycles. The fraction of sp³-hybridized carbons (Fsp3) is 0.435. The number of amides is 1. The lowest BCUT2D eigenvalue weighted by atomic mass is 9.98. The lowest BCUT2D eigenvalue weighted by molar-refractivity contribution is -0.126. The van der Waals surface area contributed by atoms with Gasteiger partial charge in [0.05, 0.1) is 10.8 Å². The quantitative estimate of drug-likeness (QED) is 0.781. The van der Waals surface area contributed by atoms with E-state index in [2.05, 4.69) is 19.2 Å². The SMILES string of the molecule is Cc1ccccc1CNC(=O)C1CCCN(S(=O)(=O)c2ccc(C(C)C)cc2)C1. The van der Waals surface area contributed by atoms with Gasteiger partial charge in [0.1, 0.15) is 0 Å². The predicted octanol–water partition coefficient (Wildman–Crippen LogP) is 3.84. The molecular formula is C23H30N2O3S. The van der Waals surface area contributed by atoms with Crippen molar-refractivity contribution in [1.29, 1.82) is 0 Å². The van der Waals surface area contributed by atoms with E-state index in [9.17, 15) is 13.2 Å². The highest BCUT2D eigenvalue weighted by Gasteiger charge is 2.33. The van der Waals surface area contributed by atoms with E-state index in [4.69, 9.17) is 0 Å². The molecule has 156 valence electrons. The summed E-state index contributed by atoms with van der Waals surface area (Å²) in [6, 6.07) is 15.0. The minimum Gasteiger partial charge on any atom is -0.352 e. The molecule has 0 bridgehead atoms. The van der Waals surface area contributed by atoms with Crippen molar-refractivity contribution >= 4 is 15.9 Å². The van der Waals surface area contributed by atoms with E-state index < -0.39 is 10.0 Å². The topological polar surface area (TPSA) is 66.5 Å². The molecule has 3 rings (SSSR count). The van der Waals surface area contributed by atoms with Crippen molar-refractivity contribution in [3.05, 3.63) is 65.2 Å². The predicted molar refractivity (Wildman–Crippen MR) is 115 cm³/mol. The zero-order valence-electron chi connectivity index (χ0n) is 17.4. The van der Waals surface area contributed by atoms with Gasteiger partial charge in [-0.15, -0.1) is 0 Å². The van der Waals surface area contributed by atoms with Crippen LogP contribution in [0.1, 0.15) is 49.3 Å². The molecule has 0 aromatic heterocycles. The van der Waals surface area contributed by atoms with E-state index in [-0.39, 0.29) is 18.4 Å². The van der Waals surface area contributed by atoms with Crippen LogP contribution in [0.4, 0.5) is 0 Å². The monoisotopic (exact) mass is 414 g/mol. The second kappa shape index (κ2) is 9.09. The number of nitrogens with one attached hydrogen (secondary N) is 1. The van der Waals surface area contributed by atoms with Gasteiger partial charge in [0.25, 0.3) is 0 Å². The van der Waals surface area contributed by atoms with Crippen molar-refractivity contribution in [2.45, 2.75) is 51.0 Å². The van der Waals surface area contributed by atoms with Crippen molar-refractivity contribution in [3.8, 4) is 0 Å². The maximum Gasteiger partial charge on any atom is 0.243 e. The first-order valence-corrected chi connectivity index (χ1v) is 11.7. The average Bonchev–Trinajstić information content (AvgIpc) is 2.73. The molecule has 1 saturated heterocycles. The second-order valence-corrected chi connectivity index (χ2v) is 10.0. The van der Waals surface area contributed by atoms with Crippen LogP contribution in [0.3, 0.4) is 0 Å². The largest absolute Gasteiger partial charge is 0.352 e. The van der Waals surface area contributed by atoms with Crippen molar-refractivity contribution in [2.24, 2.45) is 5.92 Å². The Labute approximate surface area is 174 Å². The van der Waals surface area contributed by atoms with E-state index >= 15 is 0 Å². The minimum absolute atomic E-state index is 0.0803. The van der Waals surface area contributed by atoms with Gasteiger partial charge in [-0.1, -0.05) is 50.2 Å². The molecular weight excluding hydrogens is 384 g/mol. The summed E-state index contributed by atoms with van der Waals surface area (Å²) in [5.41, 5.74) is 3.31. The molecule has 2 aromatic carbocycles. The van der Waals surface area contributed by atoms with Crippen molar-refractivity contribution in [3.63, 3.8) is 0 Å². The molecule has 2 aromatic rings. The number of aryl methyl sites for hydroxylation is 1. The zero-order chi connectivity index (χ0) is 21.0. The van der Waals surface area contributed by atoms with E-state index in [1.165, 1.54) is 4.31 Å². The summed E-state index contributed by atoms with van der Waals surface area (Å²) < 4.78 is 27.6. The molecule has 1 atom stereocenters. The molecule has 1 N–H and O–H groups in total. The van der Waals surface area contributed by atoms with Gasteiger partial charge in [-0.3, -0.25) is 4.79 Å².